The smallest absolute Gasteiger partial charge is 0.491 e. The summed E-state index contributed by atoms with van der Waals surface area (Å²) in [6, 6.07) is 11.6. The molecule has 0 heterocycles. The largest absolute Gasteiger partial charge is 0.497 e. The Morgan fingerprint density at radius 2 is 1.62 bits per heavy atom. The van der Waals surface area contributed by atoms with Gasteiger partial charge in [0.25, 0.3) is 0 Å². The van der Waals surface area contributed by atoms with Crippen molar-refractivity contribution in [1.29, 1.82) is 0 Å². The second-order valence-electron chi connectivity index (χ2n) is 4.57. The monoisotopic (exact) mass is 290 g/mol. The van der Waals surface area contributed by atoms with Crippen molar-refractivity contribution in [3.8, 4) is 5.75 Å². The highest BCUT2D eigenvalue weighted by Crippen LogP contribution is 2.12. The van der Waals surface area contributed by atoms with E-state index in [2.05, 4.69) is 0 Å². The molecule has 2 N–H and O–H groups in total. The molecule has 0 spiro atoms. The molecule has 2 aromatic carbocycles. The predicted octanol–water partition coefficient (Wildman–Crippen LogP) is 1.23. The van der Waals surface area contributed by atoms with Crippen LogP contribution in [0.1, 0.15) is 11.1 Å². The molecular formula is C15H16BFO4. The molecule has 110 valence electrons. The zero-order valence-electron chi connectivity index (χ0n) is 11.6. The molecule has 0 amide bonds. The van der Waals surface area contributed by atoms with Crippen molar-refractivity contribution in [3.05, 3.63) is 59.4 Å². The van der Waals surface area contributed by atoms with Gasteiger partial charge in [-0.1, -0.05) is 24.3 Å². The van der Waals surface area contributed by atoms with Gasteiger partial charge in [-0.15, -0.1) is 0 Å². The lowest BCUT2D eigenvalue weighted by molar-refractivity contribution is 0.107. The van der Waals surface area contributed by atoms with Crippen molar-refractivity contribution in [2.24, 2.45) is 0 Å². The number of ether oxygens (including phenoxy) is 2. The summed E-state index contributed by atoms with van der Waals surface area (Å²) in [4.78, 5) is 0. The van der Waals surface area contributed by atoms with Crippen LogP contribution in [0.15, 0.2) is 42.5 Å². The van der Waals surface area contributed by atoms with Gasteiger partial charge in [0.05, 0.1) is 20.3 Å². The Balaban J connectivity index is 1.92. The summed E-state index contributed by atoms with van der Waals surface area (Å²) in [5.74, 6) is 0.128. The minimum Gasteiger partial charge on any atom is -0.497 e. The zero-order valence-corrected chi connectivity index (χ0v) is 11.6. The molecule has 2 rings (SSSR count). The number of hydrogen-bond acceptors (Lipinski definition) is 4. The highest BCUT2D eigenvalue weighted by molar-refractivity contribution is 6.58. The van der Waals surface area contributed by atoms with Crippen molar-refractivity contribution in [2.45, 2.75) is 13.2 Å². The van der Waals surface area contributed by atoms with Gasteiger partial charge in [-0.05, 0) is 29.3 Å². The van der Waals surface area contributed by atoms with Gasteiger partial charge in [-0.2, -0.15) is 0 Å². The Morgan fingerprint density at radius 3 is 2.24 bits per heavy atom. The number of methoxy groups -OCH3 is 1. The summed E-state index contributed by atoms with van der Waals surface area (Å²) in [5.41, 5.74) is 1.51. The van der Waals surface area contributed by atoms with Crippen molar-refractivity contribution >= 4 is 12.6 Å². The second-order valence-corrected chi connectivity index (χ2v) is 4.57. The number of rotatable bonds is 6. The first-order valence-electron chi connectivity index (χ1n) is 6.45. The van der Waals surface area contributed by atoms with Gasteiger partial charge < -0.3 is 19.5 Å². The lowest BCUT2D eigenvalue weighted by Gasteiger charge is -2.08. The van der Waals surface area contributed by atoms with Crippen LogP contribution in [0.25, 0.3) is 0 Å². The van der Waals surface area contributed by atoms with Gasteiger partial charge in [0.2, 0.25) is 0 Å². The second kappa shape index (κ2) is 7.22. The van der Waals surface area contributed by atoms with Crippen LogP contribution >= 0.6 is 0 Å². The quantitative estimate of drug-likeness (QED) is 0.786. The third-order valence-electron chi connectivity index (χ3n) is 3.04. The molecule has 0 saturated carbocycles. The average Bonchev–Trinajstić information content (AvgIpc) is 2.49. The lowest BCUT2D eigenvalue weighted by atomic mass is 9.79. The summed E-state index contributed by atoms with van der Waals surface area (Å²) >= 11 is 0. The molecule has 0 radical (unpaired) electrons. The van der Waals surface area contributed by atoms with E-state index in [0.29, 0.717) is 12.2 Å². The van der Waals surface area contributed by atoms with Crippen LogP contribution in [0.3, 0.4) is 0 Å². The van der Waals surface area contributed by atoms with E-state index in [9.17, 15) is 4.39 Å². The first-order chi connectivity index (χ1) is 10.1. The Labute approximate surface area is 122 Å². The predicted molar refractivity (Wildman–Crippen MR) is 77.7 cm³/mol. The molecule has 0 bridgehead atoms. The fourth-order valence-electron chi connectivity index (χ4n) is 1.89. The number of hydrogen-bond donors (Lipinski definition) is 2. The standard InChI is InChI=1S/C15H16BFO4/c1-20-13-5-2-11(3-6-13)9-21-10-12-4-7-15(17)14(8-12)16(18)19/h2-8,18-19H,9-10H2,1H3. The van der Waals surface area contributed by atoms with Crippen LogP contribution in [0.4, 0.5) is 4.39 Å². The van der Waals surface area contributed by atoms with E-state index in [-0.39, 0.29) is 12.1 Å². The van der Waals surface area contributed by atoms with Crippen molar-refractivity contribution in [1.82, 2.24) is 0 Å². The van der Waals surface area contributed by atoms with Crippen LogP contribution in [0, 0.1) is 5.82 Å². The van der Waals surface area contributed by atoms with Gasteiger partial charge >= 0.3 is 7.12 Å². The molecule has 4 nitrogen and oxygen atoms in total. The van der Waals surface area contributed by atoms with E-state index in [1.54, 1.807) is 13.2 Å². The fourth-order valence-corrected chi connectivity index (χ4v) is 1.89. The third kappa shape index (κ3) is 4.29. The minimum atomic E-state index is -1.83. The topological polar surface area (TPSA) is 58.9 Å². The molecule has 2 aromatic rings. The molecule has 0 aliphatic heterocycles. The maximum atomic E-state index is 13.3. The van der Waals surface area contributed by atoms with Gasteiger partial charge in [0.15, 0.2) is 0 Å². The summed E-state index contributed by atoms with van der Waals surface area (Å²) < 4.78 is 23.9. The van der Waals surface area contributed by atoms with Gasteiger partial charge in [0.1, 0.15) is 11.6 Å². The maximum Gasteiger partial charge on any atom is 0.491 e. The van der Waals surface area contributed by atoms with Crippen molar-refractivity contribution < 1.29 is 23.9 Å². The molecule has 0 saturated heterocycles. The Kier molecular flexibility index (Phi) is 5.33. The van der Waals surface area contributed by atoms with Gasteiger partial charge in [-0.3, -0.25) is 0 Å². The van der Waals surface area contributed by atoms with Gasteiger partial charge in [0, 0.05) is 5.46 Å². The van der Waals surface area contributed by atoms with Crippen LogP contribution in [-0.2, 0) is 18.0 Å². The summed E-state index contributed by atoms with van der Waals surface area (Å²) in [5, 5.41) is 18.1. The molecule has 0 atom stereocenters. The maximum absolute atomic E-state index is 13.3. The van der Waals surface area contributed by atoms with Crippen molar-refractivity contribution in [3.63, 3.8) is 0 Å². The molecule has 0 unspecified atom stereocenters. The summed E-state index contributed by atoms with van der Waals surface area (Å²) in [6.07, 6.45) is 0. The number of halogens is 1. The van der Waals surface area contributed by atoms with Crippen LogP contribution in [-0.4, -0.2) is 24.3 Å². The number of benzene rings is 2. The van der Waals surface area contributed by atoms with E-state index in [0.717, 1.165) is 11.3 Å². The normalized spacial score (nSPS) is 10.5. The first-order valence-corrected chi connectivity index (χ1v) is 6.45. The molecule has 6 heteroatoms. The average molecular weight is 290 g/mol. The van der Waals surface area contributed by atoms with Crippen LogP contribution in [0.5, 0.6) is 5.75 Å². The summed E-state index contributed by atoms with van der Waals surface area (Å²) in [6.45, 7) is 0.657. The SMILES string of the molecule is COc1ccc(COCc2ccc(F)c(B(O)O)c2)cc1. The molecular weight excluding hydrogens is 274 g/mol. The zero-order chi connectivity index (χ0) is 15.2. The summed E-state index contributed by atoms with van der Waals surface area (Å²) in [7, 11) is -0.223. The molecule has 0 aliphatic rings. The molecule has 0 aromatic heterocycles. The van der Waals surface area contributed by atoms with E-state index < -0.39 is 12.9 Å². The molecule has 0 aliphatic carbocycles. The first kappa shape index (κ1) is 15.5. The highest BCUT2D eigenvalue weighted by Gasteiger charge is 2.16. The third-order valence-corrected chi connectivity index (χ3v) is 3.04. The minimum absolute atomic E-state index is 0.152. The van der Waals surface area contributed by atoms with Crippen molar-refractivity contribution in [2.75, 3.05) is 7.11 Å². The van der Waals surface area contributed by atoms with Crippen LogP contribution in [0.2, 0.25) is 0 Å². The Bertz CT molecular complexity index is 587. The lowest BCUT2D eigenvalue weighted by Crippen LogP contribution is -2.33. The Hall–Kier alpha value is -1.89. The molecule has 21 heavy (non-hydrogen) atoms. The van der Waals surface area contributed by atoms with E-state index in [1.807, 2.05) is 24.3 Å². The highest BCUT2D eigenvalue weighted by atomic mass is 19.1. The Morgan fingerprint density at radius 1 is 1.00 bits per heavy atom. The van der Waals surface area contributed by atoms with E-state index in [4.69, 9.17) is 19.5 Å². The fraction of sp³-hybridized carbons (Fsp3) is 0.200. The van der Waals surface area contributed by atoms with E-state index in [1.165, 1.54) is 12.1 Å². The molecule has 0 fully saturated rings. The van der Waals surface area contributed by atoms with E-state index >= 15 is 0 Å². The van der Waals surface area contributed by atoms with Gasteiger partial charge in [-0.25, -0.2) is 4.39 Å². The van der Waals surface area contributed by atoms with Crippen LogP contribution < -0.4 is 10.2 Å².